The molecule has 0 fully saturated rings. The number of rotatable bonds is 6. The van der Waals surface area contributed by atoms with Gasteiger partial charge in [0, 0.05) is 18.2 Å². The number of hydrogen-bond acceptors (Lipinski definition) is 6. The standard InChI is InChI=1S/C24H14F8N4S2/c1-3-5-7-33-35-23(37-7)13-9-10(19(29)22(32)20(13)30)16(26)11-12(15(9)25)18(28)21(31)14(17(11)27)24-36-34-8(38-24)6-4-2/h3-6H2,1-2H3. The van der Waals surface area contributed by atoms with E-state index in [-0.39, 0.29) is 0 Å². The molecule has 0 bridgehead atoms. The van der Waals surface area contributed by atoms with Crippen LogP contribution in [-0.4, -0.2) is 20.4 Å². The molecule has 0 atom stereocenters. The highest BCUT2D eigenvalue weighted by atomic mass is 32.1. The lowest BCUT2D eigenvalue weighted by molar-refractivity contribution is 0.452. The third kappa shape index (κ3) is 3.83. The maximum absolute atomic E-state index is 15.8. The molecule has 5 aromatic rings. The van der Waals surface area contributed by atoms with Crippen molar-refractivity contribution >= 4 is 44.2 Å². The molecule has 5 rings (SSSR count). The number of aryl methyl sites for hydroxylation is 2. The van der Waals surface area contributed by atoms with Gasteiger partial charge in [0.15, 0.2) is 39.1 Å². The van der Waals surface area contributed by atoms with Crippen LogP contribution < -0.4 is 0 Å². The van der Waals surface area contributed by atoms with Crippen LogP contribution in [0.5, 0.6) is 0 Å². The largest absolute Gasteiger partial charge is 0.205 e. The predicted octanol–water partition coefficient (Wildman–Crippen LogP) is 8.05. The van der Waals surface area contributed by atoms with Gasteiger partial charge in [-0.15, -0.1) is 20.4 Å². The average Bonchev–Trinajstić information content (AvgIpc) is 3.53. The SMILES string of the molecule is CCCc1nnc(-c2c(F)c(F)c3c(F)c4c(-c5nnc(CCC)s5)c(F)c(F)c(F)c4c(F)c3c2F)s1. The van der Waals surface area contributed by atoms with Crippen molar-refractivity contribution in [2.75, 3.05) is 0 Å². The Kier molecular flexibility index (Phi) is 6.80. The zero-order chi connectivity index (χ0) is 27.5. The molecule has 14 heteroatoms. The normalized spacial score (nSPS) is 11.8. The van der Waals surface area contributed by atoms with Crippen LogP contribution in [-0.2, 0) is 12.8 Å². The Balaban J connectivity index is 1.93. The quantitative estimate of drug-likeness (QED) is 0.0892. The maximum Gasteiger partial charge on any atom is 0.195 e. The number of nitrogens with zero attached hydrogens (tertiary/aromatic N) is 4. The Hall–Kier alpha value is -3.26. The van der Waals surface area contributed by atoms with Gasteiger partial charge in [-0.2, -0.15) is 0 Å². The minimum absolute atomic E-state index is 0.328. The molecule has 4 nitrogen and oxygen atoms in total. The summed E-state index contributed by atoms with van der Waals surface area (Å²) < 4.78 is 122. The second-order valence-corrected chi connectivity index (χ2v) is 10.4. The molecule has 0 saturated carbocycles. The van der Waals surface area contributed by atoms with E-state index in [9.17, 15) is 13.2 Å². The van der Waals surface area contributed by atoms with Crippen molar-refractivity contribution in [3.63, 3.8) is 0 Å². The Morgan fingerprint density at radius 1 is 0.447 bits per heavy atom. The summed E-state index contributed by atoms with van der Waals surface area (Å²) in [5.74, 6) is -15.9. The topological polar surface area (TPSA) is 51.6 Å². The summed E-state index contributed by atoms with van der Waals surface area (Å²) in [6.45, 7) is 3.60. The van der Waals surface area contributed by atoms with E-state index < -0.39 is 89.2 Å². The van der Waals surface area contributed by atoms with Crippen LogP contribution >= 0.6 is 22.7 Å². The van der Waals surface area contributed by atoms with E-state index in [1.54, 1.807) is 13.8 Å². The molecule has 0 aliphatic carbocycles. The second kappa shape index (κ2) is 9.80. The molecule has 3 aromatic carbocycles. The number of aromatic nitrogens is 4. The van der Waals surface area contributed by atoms with E-state index in [1.807, 2.05) is 0 Å². The van der Waals surface area contributed by atoms with Crippen LogP contribution in [0.25, 0.3) is 42.7 Å². The Bertz CT molecular complexity index is 1740. The van der Waals surface area contributed by atoms with Crippen LogP contribution in [0.2, 0.25) is 0 Å². The maximum atomic E-state index is 15.8. The minimum atomic E-state index is -2.19. The third-order valence-electron chi connectivity index (χ3n) is 5.81. The smallest absolute Gasteiger partial charge is 0.195 e. The van der Waals surface area contributed by atoms with Gasteiger partial charge in [-0.05, 0) is 12.8 Å². The second-order valence-electron chi connectivity index (χ2n) is 8.26. The molecule has 38 heavy (non-hydrogen) atoms. The monoisotopic (exact) mass is 574 g/mol. The summed E-state index contributed by atoms with van der Waals surface area (Å²) in [7, 11) is 0. The fourth-order valence-electron chi connectivity index (χ4n) is 4.14. The molecule has 2 aromatic heterocycles. The van der Waals surface area contributed by atoms with Gasteiger partial charge < -0.3 is 0 Å². The van der Waals surface area contributed by atoms with Crippen LogP contribution in [0.1, 0.15) is 36.7 Å². The summed E-state index contributed by atoms with van der Waals surface area (Å²) >= 11 is 1.40. The molecule has 0 aliphatic heterocycles. The average molecular weight is 575 g/mol. The molecule has 198 valence electrons. The van der Waals surface area contributed by atoms with Crippen molar-refractivity contribution in [2.24, 2.45) is 0 Å². The van der Waals surface area contributed by atoms with Crippen LogP contribution in [0, 0.1) is 46.5 Å². The van der Waals surface area contributed by atoms with Gasteiger partial charge in [0.2, 0.25) is 0 Å². The summed E-state index contributed by atoms with van der Waals surface area (Å²) in [5, 5.41) is 8.74. The molecule has 0 spiro atoms. The third-order valence-corrected chi connectivity index (χ3v) is 7.81. The molecule has 0 saturated heterocycles. The van der Waals surface area contributed by atoms with Crippen LogP contribution in [0.3, 0.4) is 0 Å². The van der Waals surface area contributed by atoms with Gasteiger partial charge in [0.05, 0.1) is 27.3 Å². The Morgan fingerprint density at radius 2 is 0.868 bits per heavy atom. The van der Waals surface area contributed by atoms with Gasteiger partial charge in [0.1, 0.15) is 27.5 Å². The van der Waals surface area contributed by atoms with Crippen molar-refractivity contribution in [3.05, 3.63) is 56.6 Å². The Morgan fingerprint density at radius 3 is 1.42 bits per heavy atom. The summed E-state index contributed by atoms with van der Waals surface area (Å²) in [6, 6.07) is 0. The first-order valence-electron chi connectivity index (χ1n) is 11.2. The van der Waals surface area contributed by atoms with Crippen LogP contribution in [0.4, 0.5) is 35.1 Å². The minimum Gasteiger partial charge on any atom is -0.205 e. The first-order chi connectivity index (χ1) is 18.1. The molecule has 0 radical (unpaired) electrons. The molecule has 0 unspecified atom stereocenters. The van der Waals surface area contributed by atoms with Gasteiger partial charge in [-0.1, -0.05) is 36.5 Å². The molecule has 0 aliphatic rings. The van der Waals surface area contributed by atoms with E-state index in [0.717, 1.165) is 0 Å². The highest BCUT2D eigenvalue weighted by Gasteiger charge is 2.34. The zero-order valence-corrected chi connectivity index (χ0v) is 21.1. The van der Waals surface area contributed by atoms with Gasteiger partial charge >= 0.3 is 0 Å². The first-order valence-corrected chi connectivity index (χ1v) is 12.9. The van der Waals surface area contributed by atoms with E-state index >= 15 is 22.0 Å². The molecule has 0 amide bonds. The molecular formula is C24H14F8N4S2. The predicted molar refractivity (Wildman–Crippen MR) is 127 cm³/mol. The molecule has 0 N–H and O–H groups in total. The highest BCUT2D eigenvalue weighted by Crippen LogP contribution is 2.45. The van der Waals surface area contributed by atoms with Gasteiger partial charge in [-0.25, -0.2) is 35.1 Å². The van der Waals surface area contributed by atoms with Crippen LogP contribution in [0.15, 0.2) is 0 Å². The van der Waals surface area contributed by atoms with Crippen molar-refractivity contribution in [3.8, 4) is 21.1 Å². The van der Waals surface area contributed by atoms with Gasteiger partial charge in [-0.3, -0.25) is 0 Å². The highest BCUT2D eigenvalue weighted by molar-refractivity contribution is 7.15. The number of halogens is 8. The lowest BCUT2D eigenvalue weighted by Gasteiger charge is -2.15. The van der Waals surface area contributed by atoms with Crippen molar-refractivity contribution in [1.29, 1.82) is 0 Å². The zero-order valence-electron chi connectivity index (χ0n) is 19.5. The van der Waals surface area contributed by atoms with Crippen molar-refractivity contribution in [2.45, 2.75) is 39.5 Å². The Labute approximate surface area is 217 Å². The van der Waals surface area contributed by atoms with E-state index in [1.165, 1.54) is 0 Å². The number of benzene rings is 3. The number of fused-ring (bicyclic) bond motifs is 2. The van der Waals surface area contributed by atoms with Crippen molar-refractivity contribution in [1.82, 2.24) is 20.4 Å². The summed E-state index contributed by atoms with van der Waals surface area (Å²) in [6.07, 6.45) is 1.94. The van der Waals surface area contributed by atoms with Crippen molar-refractivity contribution < 1.29 is 35.1 Å². The fraction of sp³-hybridized carbons (Fsp3) is 0.250. The van der Waals surface area contributed by atoms with E-state index in [4.69, 9.17) is 0 Å². The fourth-order valence-corrected chi connectivity index (χ4v) is 6.10. The molecular weight excluding hydrogens is 560 g/mol. The van der Waals surface area contributed by atoms with E-state index in [2.05, 4.69) is 20.4 Å². The number of hydrogen-bond donors (Lipinski definition) is 0. The molecule has 2 heterocycles. The van der Waals surface area contributed by atoms with E-state index in [0.29, 0.717) is 58.4 Å². The summed E-state index contributed by atoms with van der Waals surface area (Å²) in [4.78, 5) is 0. The summed E-state index contributed by atoms with van der Waals surface area (Å²) in [5.41, 5.74) is -2.20. The lowest BCUT2D eigenvalue weighted by atomic mass is 9.94. The lowest BCUT2D eigenvalue weighted by Crippen LogP contribution is -2.06. The van der Waals surface area contributed by atoms with Gasteiger partial charge in [0.25, 0.3) is 0 Å². The first kappa shape index (κ1) is 26.4.